The lowest BCUT2D eigenvalue weighted by atomic mass is 9.71. The van der Waals surface area contributed by atoms with Crippen molar-refractivity contribution in [2.24, 2.45) is 11.8 Å². The maximum atomic E-state index is 12.8. The first-order chi connectivity index (χ1) is 13.5. The van der Waals surface area contributed by atoms with Gasteiger partial charge in [0.25, 0.3) is 0 Å². The van der Waals surface area contributed by atoms with Gasteiger partial charge in [0.2, 0.25) is 5.91 Å². The van der Waals surface area contributed by atoms with Crippen LogP contribution in [0.5, 0.6) is 0 Å². The lowest BCUT2D eigenvalue weighted by Crippen LogP contribution is -2.67. The highest BCUT2D eigenvalue weighted by Crippen LogP contribution is 2.46. The minimum absolute atomic E-state index is 0.0311. The van der Waals surface area contributed by atoms with Gasteiger partial charge in [0.05, 0.1) is 34.7 Å². The number of hydrazine groups is 1. The predicted octanol–water partition coefficient (Wildman–Crippen LogP) is 1.97. The third-order valence-electron chi connectivity index (χ3n) is 6.51. The molecule has 1 saturated carbocycles. The smallest absolute Gasteiger partial charge is 0.229 e. The van der Waals surface area contributed by atoms with E-state index >= 15 is 0 Å². The zero-order chi connectivity index (χ0) is 19.4. The molecule has 0 spiro atoms. The lowest BCUT2D eigenvalue weighted by molar-refractivity contribution is -0.129. The molecule has 0 bridgehead atoms. The van der Waals surface area contributed by atoms with Crippen LogP contribution in [0, 0.1) is 32.6 Å². The Morgan fingerprint density at radius 1 is 1.21 bits per heavy atom. The van der Waals surface area contributed by atoms with Gasteiger partial charge in [0.15, 0.2) is 0 Å². The molecule has 3 aliphatic rings. The monoisotopic (exact) mass is 398 g/mol. The summed E-state index contributed by atoms with van der Waals surface area (Å²) in [6.45, 7) is 6.91. The summed E-state index contributed by atoms with van der Waals surface area (Å²) in [5.74, 6) is 0.822. The number of hydrogen-bond acceptors (Lipinski definition) is 7. The van der Waals surface area contributed by atoms with Crippen molar-refractivity contribution in [2.75, 3.05) is 11.6 Å². The third-order valence-corrected chi connectivity index (χ3v) is 7.72. The molecule has 1 aliphatic carbocycles. The Balaban J connectivity index is 1.38. The van der Waals surface area contributed by atoms with E-state index in [4.69, 9.17) is 4.98 Å². The minimum Gasteiger partial charge on any atom is -0.340 e. The second-order valence-electron chi connectivity index (χ2n) is 8.14. The number of fused-ring (bicyclic) bond motifs is 1. The Hall–Kier alpha value is -2.03. The molecule has 3 fully saturated rings. The number of amides is 1. The first-order valence-corrected chi connectivity index (χ1v) is 10.8. The molecule has 2 aromatic heterocycles. The minimum atomic E-state index is -0.112. The normalized spacial score (nSPS) is 32.0. The van der Waals surface area contributed by atoms with E-state index in [0.29, 0.717) is 18.4 Å². The molecule has 148 valence electrons. The molecular formula is C20H26N6OS. The SMILES string of the molecule is Cc1ccncc1N1NCC2C(=O)NC([C@@H]3CC[C@H]3c3nc(C)c(C)s3)NC21. The number of rotatable bonds is 3. The molecule has 3 unspecified atom stereocenters. The second kappa shape index (κ2) is 6.79. The van der Waals surface area contributed by atoms with Gasteiger partial charge < -0.3 is 5.32 Å². The highest BCUT2D eigenvalue weighted by Gasteiger charge is 2.49. The largest absolute Gasteiger partial charge is 0.340 e. The molecule has 7 nitrogen and oxygen atoms in total. The van der Waals surface area contributed by atoms with Crippen molar-refractivity contribution in [3.8, 4) is 0 Å². The number of anilines is 1. The molecule has 4 heterocycles. The fourth-order valence-corrected chi connectivity index (χ4v) is 5.69. The number of aromatic nitrogens is 2. The van der Waals surface area contributed by atoms with Crippen molar-refractivity contribution in [3.05, 3.63) is 39.6 Å². The van der Waals surface area contributed by atoms with Crippen molar-refractivity contribution >= 4 is 22.9 Å². The van der Waals surface area contributed by atoms with Gasteiger partial charge in [0, 0.05) is 29.5 Å². The highest BCUT2D eigenvalue weighted by atomic mass is 32.1. The fourth-order valence-electron chi connectivity index (χ4n) is 4.56. The first kappa shape index (κ1) is 18.0. The van der Waals surface area contributed by atoms with E-state index in [2.05, 4.69) is 46.8 Å². The maximum Gasteiger partial charge on any atom is 0.229 e. The van der Waals surface area contributed by atoms with Crippen LogP contribution >= 0.6 is 11.3 Å². The summed E-state index contributed by atoms with van der Waals surface area (Å²) in [5, 5.41) is 10.3. The molecule has 2 saturated heterocycles. The second-order valence-corrected chi connectivity index (χ2v) is 9.37. The van der Waals surface area contributed by atoms with E-state index in [-0.39, 0.29) is 24.2 Å². The van der Waals surface area contributed by atoms with Crippen molar-refractivity contribution in [3.63, 3.8) is 0 Å². The summed E-state index contributed by atoms with van der Waals surface area (Å²) >= 11 is 1.80. The van der Waals surface area contributed by atoms with Gasteiger partial charge in [-0.05, 0) is 45.2 Å². The molecule has 3 N–H and O–H groups in total. The standard InChI is InChI=1S/C20H26N6OS/c1-10-6-7-21-9-16(10)26-18-15(8-22-26)19(27)25-17(24-18)13-4-5-14(13)20-23-11(2)12(3)28-20/h6-7,9,13-15,17-18,22,24H,4-5,8H2,1-3H3,(H,25,27)/t13-,14-,15?,17?,18?/m1/s1. The zero-order valence-electron chi connectivity index (χ0n) is 16.4. The van der Waals surface area contributed by atoms with Crippen LogP contribution in [0.3, 0.4) is 0 Å². The number of nitrogens with zero attached hydrogens (tertiary/aromatic N) is 3. The Morgan fingerprint density at radius 2 is 2.07 bits per heavy atom. The van der Waals surface area contributed by atoms with E-state index in [0.717, 1.165) is 29.8 Å². The van der Waals surface area contributed by atoms with Crippen LogP contribution in [0.1, 0.15) is 39.9 Å². The molecule has 5 atom stereocenters. The van der Waals surface area contributed by atoms with Gasteiger partial charge in [-0.1, -0.05) is 0 Å². The quantitative estimate of drug-likeness (QED) is 0.733. The Morgan fingerprint density at radius 3 is 2.75 bits per heavy atom. The van der Waals surface area contributed by atoms with Crippen molar-refractivity contribution in [1.29, 1.82) is 0 Å². The number of thiazole rings is 1. The van der Waals surface area contributed by atoms with Gasteiger partial charge >= 0.3 is 0 Å². The zero-order valence-corrected chi connectivity index (χ0v) is 17.2. The van der Waals surface area contributed by atoms with Crippen molar-refractivity contribution < 1.29 is 4.79 Å². The number of carbonyl (C=O) groups is 1. The molecule has 0 radical (unpaired) electrons. The fraction of sp³-hybridized carbons (Fsp3) is 0.550. The van der Waals surface area contributed by atoms with E-state index < -0.39 is 0 Å². The van der Waals surface area contributed by atoms with Crippen LogP contribution in [0.4, 0.5) is 5.69 Å². The molecule has 0 aromatic carbocycles. The molecule has 8 heteroatoms. The average molecular weight is 399 g/mol. The van der Waals surface area contributed by atoms with Crippen LogP contribution in [-0.4, -0.2) is 34.8 Å². The first-order valence-electron chi connectivity index (χ1n) is 9.96. The molecule has 5 rings (SSSR count). The lowest BCUT2D eigenvalue weighted by Gasteiger charge is -2.46. The number of pyridine rings is 1. The van der Waals surface area contributed by atoms with Crippen molar-refractivity contribution in [2.45, 2.75) is 51.9 Å². The molecule has 28 heavy (non-hydrogen) atoms. The van der Waals surface area contributed by atoms with E-state index in [9.17, 15) is 4.79 Å². The van der Waals surface area contributed by atoms with Gasteiger partial charge in [-0.15, -0.1) is 11.3 Å². The van der Waals surface area contributed by atoms with Gasteiger partial charge in [-0.25, -0.2) is 10.4 Å². The number of carbonyl (C=O) groups excluding carboxylic acids is 1. The van der Waals surface area contributed by atoms with Crippen LogP contribution in [0.25, 0.3) is 0 Å². The Bertz CT molecular complexity index is 894. The van der Waals surface area contributed by atoms with Gasteiger partial charge in [-0.2, -0.15) is 0 Å². The summed E-state index contributed by atoms with van der Waals surface area (Å²) < 4.78 is 0. The molecular weight excluding hydrogens is 372 g/mol. The summed E-state index contributed by atoms with van der Waals surface area (Å²) in [6, 6.07) is 2.00. The molecule has 1 amide bonds. The highest BCUT2D eigenvalue weighted by molar-refractivity contribution is 7.11. The number of aryl methyl sites for hydroxylation is 3. The van der Waals surface area contributed by atoms with Crippen molar-refractivity contribution in [1.82, 2.24) is 26.0 Å². The Kier molecular flexibility index (Phi) is 4.37. The predicted molar refractivity (Wildman–Crippen MR) is 109 cm³/mol. The topological polar surface area (TPSA) is 82.2 Å². The number of nitrogens with one attached hydrogen (secondary N) is 3. The molecule has 2 aliphatic heterocycles. The van der Waals surface area contributed by atoms with Gasteiger partial charge in [0.1, 0.15) is 6.17 Å². The third kappa shape index (κ3) is 2.82. The van der Waals surface area contributed by atoms with Crippen LogP contribution in [0.15, 0.2) is 18.5 Å². The van der Waals surface area contributed by atoms with Crippen LogP contribution < -0.4 is 21.1 Å². The van der Waals surface area contributed by atoms with Gasteiger partial charge in [-0.3, -0.25) is 20.1 Å². The van der Waals surface area contributed by atoms with E-state index in [1.165, 1.54) is 9.88 Å². The van der Waals surface area contributed by atoms with Crippen LogP contribution in [-0.2, 0) is 4.79 Å². The summed E-state index contributed by atoms with van der Waals surface area (Å²) in [5.41, 5.74) is 6.69. The summed E-state index contributed by atoms with van der Waals surface area (Å²) in [6.07, 6.45) is 5.81. The summed E-state index contributed by atoms with van der Waals surface area (Å²) in [4.78, 5) is 23.2. The average Bonchev–Trinajstić information content (AvgIpc) is 3.18. The Labute approximate surface area is 168 Å². The molecule has 2 aromatic rings. The van der Waals surface area contributed by atoms with Crippen LogP contribution in [0.2, 0.25) is 0 Å². The van der Waals surface area contributed by atoms with E-state index in [1.807, 2.05) is 12.3 Å². The summed E-state index contributed by atoms with van der Waals surface area (Å²) in [7, 11) is 0. The maximum absolute atomic E-state index is 12.8. The van der Waals surface area contributed by atoms with E-state index in [1.54, 1.807) is 17.5 Å². The number of hydrogen-bond donors (Lipinski definition) is 3.